The number of para-hydroxylation sites is 1. The molecular formula is C24H21N3O3. The number of carbonyl (C=O) groups excluding carboxylic acids is 2. The highest BCUT2D eigenvalue weighted by Crippen LogP contribution is 2.34. The van der Waals surface area contributed by atoms with Crippen LogP contribution >= 0.6 is 0 Å². The van der Waals surface area contributed by atoms with Gasteiger partial charge in [-0.15, -0.1) is 0 Å². The topological polar surface area (TPSA) is 83.2 Å². The molecule has 3 N–H and O–H groups in total. The molecule has 6 nitrogen and oxygen atoms in total. The molecule has 0 aliphatic rings. The summed E-state index contributed by atoms with van der Waals surface area (Å²) >= 11 is 0. The van der Waals surface area contributed by atoms with E-state index in [9.17, 15) is 9.59 Å². The predicted octanol–water partition coefficient (Wildman–Crippen LogP) is 4.10. The molecule has 0 fully saturated rings. The molecule has 30 heavy (non-hydrogen) atoms. The van der Waals surface area contributed by atoms with Gasteiger partial charge >= 0.3 is 11.8 Å². The van der Waals surface area contributed by atoms with E-state index in [-0.39, 0.29) is 6.54 Å². The summed E-state index contributed by atoms with van der Waals surface area (Å²) in [6.45, 7) is 0.246. The Balaban J connectivity index is 1.52. The first-order valence-electron chi connectivity index (χ1n) is 9.54. The summed E-state index contributed by atoms with van der Waals surface area (Å²) in [7, 11) is 1.59. The average Bonchev–Trinajstić information content (AvgIpc) is 3.16. The number of hydrogen-bond donors (Lipinski definition) is 3. The molecule has 0 spiro atoms. The highest BCUT2D eigenvalue weighted by Gasteiger charge is 2.19. The third-order valence-electron chi connectivity index (χ3n) is 4.83. The van der Waals surface area contributed by atoms with Crippen LogP contribution in [0.1, 0.15) is 5.56 Å². The van der Waals surface area contributed by atoms with Crippen molar-refractivity contribution >= 4 is 28.4 Å². The van der Waals surface area contributed by atoms with Crippen molar-refractivity contribution in [1.82, 2.24) is 10.3 Å². The van der Waals surface area contributed by atoms with Gasteiger partial charge in [-0.05, 0) is 23.8 Å². The first-order chi connectivity index (χ1) is 14.7. The lowest BCUT2D eigenvalue weighted by Crippen LogP contribution is -2.35. The van der Waals surface area contributed by atoms with E-state index < -0.39 is 11.8 Å². The molecule has 150 valence electrons. The lowest BCUT2D eigenvalue weighted by molar-refractivity contribution is -0.136. The first kappa shape index (κ1) is 19.3. The molecule has 1 aromatic heterocycles. The van der Waals surface area contributed by atoms with E-state index in [0.717, 1.165) is 33.5 Å². The number of nitrogens with one attached hydrogen (secondary N) is 3. The van der Waals surface area contributed by atoms with Crippen molar-refractivity contribution in [1.29, 1.82) is 0 Å². The van der Waals surface area contributed by atoms with Gasteiger partial charge in [0.05, 0.1) is 18.5 Å². The predicted molar refractivity (Wildman–Crippen MR) is 117 cm³/mol. The Hall–Kier alpha value is -4.06. The molecule has 0 bridgehead atoms. The van der Waals surface area contributed by atoms with E-state index >= 15 is 0 Å². The molecule has 4 aromatic rings. The molecule has 3 aromatic carbocycles. The number of rotatable bonds is 5. The van der Waals surface area contributed by atoms with Crippen LogP contribution in [0.5, 0.6) is 5.75 Å². The van der Waals surface area contributed by atoms with E-state index in [2.05, 4.69) is 15.6 Å². The molecule has 2 amide bonds. The molecule has 0 aliphatic heterocycles. The van der Waals surface area contributed by atoms with Crippen LogP contribution in [0.4, 0.5) is 5.69 Å². The van der Waals surface area contributed by atoms with Gasteiger partial charge in [-0.2, -0.15) is 0 Å². The standard InChI is InChI=1S/C24H21N3O3/c1-30-18-13-11-16(12-14-18)15-25-23(28)24(29)27-22-19-9-5-6-10-20(19)26-21(22)17-7-3-2-4-8-17/h2-14,26H,15H2,1H3,(H,25,28)(H,27,29). The Kier molecular flexibility index (Phi) is 5.48. The Bertz CT molecular complexity index is 1180. The maximum Gasteiger partial charge on any atom is 0.313 e. The zero-order chi connectivity index (χ0) is 20.9. The smallest absolute Gasteiger partial charge is 0.313 e. The average molecular weight is 399 g/mol. The number of H-pyrrole nitrogens is 1. The molecule has 0 radical (unpaired) electrons. The second-order valence-electron chi connectivity index (χ2n) is 6.77. The minimum absolute atomic E-state index is 0.246. The summed E-state index contributed by atoms with van der Waals surface area (Å²) in [5, 5.41) is 6.28. The van der Waals surface area contributed by atoms with Crippen molar-refractivity contribution in [2.75, 3.05) is 12.4 Å². The lowest BCUT2D eigenvalue weighted by atomic mass is 10.1. The van der Waals surface area contributed by atoms with Gasteiger partial charge in [0.15, 0.2) is 0 Å². The molecule has 0 unspecified atom stereocenters. The Morgan fingerprint density at radius 2 is 1.57 bits per heavy atom. The van der Waals surface area contributed by atoms with Gasteiger partial charge in [-0.25, -0.2) is 0 Å². The van der Waals surface area contributed by atoms with Crippen LogP contribution in [0.3, 0.4) is 0 Å². The lowest BCUT2D eigenvalue weighted by Gasteiger charge is -2.09. The third-order valence-corrected chi connectivity index (χ3v) is 4.83. The number of amides is 2. The van der Waals surface area contributed by atoms with Crippen LogP contribution in [0.2, 0.25) is 0 Å². The number of hydrogen-bond acceptors (Lipinski definition) is 3. The van der Waals surface area contributed by atoms with Gasteiger partial charge in [0, 0.05) is 23.0 Å². The van der Waals surface area contributed by atoms with Crippen molar-refractivity contribution in [3.8, 4) is 17.0 Å². The van der Waals surface area contributed by atoms with Gasteiger partial charge in [-0.3, -0.25) is 9.59 Å². The Labute approximate surface area is 173 Å². The number of carbonyl (C=O) groups is 2. The largest absolute Gasteiger partial charge is 0.497 e. The monoisotopic (exact) mass is 399 g/mol. The second kappa shape index (κ2) is 8.53. The minimum Gasteiger partial charge on any atom is -0.497 e. The van der Waals surface area contributed by atoms with E-state index in [1.807, 2.05) is 66.7 Å². The van der Waals surface area contributed by atoms with Crippen molar-refractivity contribution in [3.05, 3.63) is 84.4 Å². The van der Waals surface area contributed by atoms with E-state index in [1.54, 1.807) is 19.2 Å². The highest BCUT2D eigenvalue weighted by atomic mass is 16.5. The summed E-state index contributed by atoms with van der Waals surface area (Å²) in [6.07, 6.45) is 0. The number of aromatic amines is 1. The van der Waals surface area contributed by atoms with Crippen LogP contribution in [0.15, 0.2) is 78.9 Å². The van der Waals surface area contributed by atoms with Crippen LogP contribution in [0.25, 0.3) is 22.2 Å². The van der Waals surface area contributed by atoms with Gasteiger partial charge in [0.25, 0.3) is 0 Å². The van der Waals surface area contributed by atoms with Gasteiger partial charge in [0.1, 0.15) is 5.75 Å². The molecule has 1 heterocycles. The molecule has 0 aliphatic carbocycles. The number of ether oxygens (including phenoxy) is 1. The quantitative estimate of drug-likeness (QED) is 0.442. The van der Waals surface area contributed by atoms with Gasteiger partial charge in [0.2, 0.25) is 0 Å². The number of fused-ring (bicyclic) bond motifs is 1. The van der Waals surface area contributed by atoms with Crippen molar-refractivity contribution in [2.45, 2.75) is 6.54 Å². The molecule has 6 heteroatoms. The Morgan fingerprint density at radius 3 is 2.30 bits per heavy atom. The Morgan fingerprint density at radius 1 is 0.867 bits per heavy atom. The van der Waals surface area contributed by atoms with E-state index in [4.69, 9.17) is 4.74 Å². The first-order valence-corrected chi connectivity index (χ1v) is 9.54. The van der Waals surface area contributed by atoms with Crippen LogP contribution in [-0.4, -0.2) is 23.9 Å². The van der Waals surface area contributed by atoms with Gasteiger partial charge in [-0.1, -0.05) is 60.7 Å². The number of anilines is 1. The molecule has 4 rings (SSSR count). The highest BCUT2D eigenvalue weighted by molar-refractivity contribution is 6.40. The summed E-state index contributed by atoms with van der Waals surface area (Å²) in [4.78, 5) is 28.3. The summed E-state index contributed by atoms with van der Waals surface area (Å²) in [5.41, 5.74) is 4.01. The van der Waals surface area contributed by atoms with Crippen LogP contribution < -0.4 is 15.4 Å². The third kappa shape index (κ3) is 4.03. The van der Waals surface area contributed by atoms with Crippen molar-refractivity contribution < 1.29 is 14.3 Å². The molecule has 0 saturated heterocycles. The summed E-state index contributed by atoms with van der Waals surface area (Å²) < 4.78 is 5.12. The minimum atomic E-state index is -0.717. The fraction of sp³-hybridized carbons (Fsp3) is 0.0833. The van der Waals surface area contributed by atoms with Gasteiger partial charge < -0.3 is 20.4 Å². The number of benzene rings is 3. The second-order valence-corrected chi connectivity index (χ2v) is 6.77. The fourth-order valence-corrected chi connectivity index (χ4v) is 3.27. The molecule has 0 saturated carbocycles. The fourth-order valence-electron chi connectivity index (χ4n) is 3.27. The summed E-state index contributed by atoms with van der Waals surface area (Å²) in [5.74, 6) is -0.684. The van der Waals surface area contributed by atoms with E-state index in [1.165, 1.54) is 0 Å². The molecular weight excluding hydrogens is 378 g/mol. The maximum absolute atomic E-state index is 12.6. The summed E-state index contributed by atoms with van der Waals surface area (Å²) in [6, 6.07) is 24.6. The number of methoxy groups -OCH3 is 1. The van der Waals surface area contributed by atoms with Crippen molar-refractivity contribution in [2.24, 2.45) is 0 Å². The van der Waals surface area contributed by atoms with Crippen molar-refractivity contribution in [3.63, 3.8) is 0 Å². The number of aromatic nitrogens is 1. The van der Waals surface area contributed by atoms with E-state index in [0.29, 0.717) is 5.69 Å². The molecule has 0 atom stereocenters. The van der Waals surface area contributed by atoms with Crippen LogP contribution in [0, 0.1) is 0 Å². The zero-order valence-electron chi connectivity index (χ0n) is 16.4. The normalized spacial score (nSPS) is 10.6. The van der Waals surface area contributed by atoms with Crippen LogP contribution in [-0.2, 0) is 16.1 Å². The zero-order valence-corrected chi connectivity index (χ0v) is 16.4. The maximum atomic E-state index is 12.6. The SMILES string of the molecule is COc1ccc(CNC(=O)C(=O)Nc2c(-c3ccccc3)[nH]c3ccccc23)cc1.